The SMILES string of the molecule is CCCN1CCc2cnc(-c3ccc(C(F)(F)F)cc3)nc2C1. The molecule has 0 atom stereocenters. The molecule has 1 aromatic heterocycles. The van der Waals surface area contributed by atoms with E-state index in [2.05, 4.69) is 21.8 Å². The third kappa shape index (κ3) is 3.52. The number of hydrogen-bond acceptors (Lipinski definition) is 3. The van der Waals surface area contributed by atoms with Crippen molar-refractivity contribution in [2.24, 2.45) is 0 Å². The maximum Gasteiger partial charge on any atom is 0.416 e. The molecule has 2 heterocycles. The van der Waals surface area contributed by atoms with Crippen molar-refractivity contribution in [2.45, 2.75) is 32.5 Å². The summed E-state index contributed by atoms with van der Waals surface area (Å²) in [5.41, 5.74) is 2.06. The van der Waals surface area contributed by atoms with Gasteiger partial charge in [0.05, 0.1) is 11.3 Å². The van der Waals surface area contributed by atoms with Gasteiger partial charge in [0.1, 0.15) is 0 Å². The summed E-state index contributed by atoms with van der Waals surface area (Å²) in [6.07, 6.45) is -0.511. The number of rotatable bonds is 3. The summed E-state index contributed by atoms with van der Waals surface area (Å²) in [6.45, 7) is 4.95. The minimum absolute atomic E-state index is 0.482. The average Bonchev–Trinajstić information content (AvgIpc) is 2.54. The molecule has 0 spiro atoms. The van der Waals surface area contributed by atoms with Gasteiger partial charge in [-0.25, -0.2) is 9.97 Å². The summed E-state index contributed by atoms with van der Waals surface area (Å²) in [6, 6.07) is 5.00. The van der Waals surface area contributed by atoms with Crippen LogP contribution in [0.5, 0.6) is 0 Å². The summed E-state index contributed by atoms with van der Waals surface area (Å²) in [5.74, 6) is 0.482. The van der Waals surface area contributed by atoms with Crippen molar-refractivity contribution in [1.82, 2.24) is 14.9 Å². The molecule has 23 heavy (non-hydrogen) atoms. The van der Waals surface area contributed by atoms with Crippen LogP contribution >= 0.6 is 0 Å². The summed E-state index contributed by atoms with van der Waals surface area (Å²) in [4.78, 5) is 11.2. The van der Waals surface area contributed by atoms with E-state index in [0.717, 1.165) is 55.9 Å². The van der Waals surface area contributed by atoms with E-state index in [1.807, 2.05) is 0 Å². The Morgan fingerprint density at radius 1 is 1.17 bits per heavy atom. The lowest BCUT2D eigenvalue weighted by atomic mass is 10.1. The zero-order chi connectivity index (χ0) is 16.4. The molecule has 3 rings (SSSR count). The third-order valence-corrected chi connectivity index (χ3v) is 4.04. The largest absolute Gasteiger partial charge is 0.416 e. The molecule has 0 bridgehead atoms. The van der Waals surface area contributed by atoms with Crippen LogP contribution in [0.3, 0.4) is 0 Å². The minimum Gasteiger partial charge on any atom is -0.297 e. The topological polar surface area (TPSA) is 29.0 Å². The molecule has 0 aliphatic carbocycles. The average molecular weight is 321 g/mol. The van der Waals surface area contributed by atoms with Crippen LogP contribution < -0.4 is 0 Å². The molecule has 0 amide bonds. The van der Waals surface area contributed by atoms with Gasteiger partial charge in [-0.15, -0.1) is 0 Å². The fraction of sp³-hybridized carbons (Fsp3) is 0.412. The standard InChI is InChI=1S/C17H18F3N3/c1-2-8-23-9-7-13-10-21-16(22-15(13)11-23)12-3-5-14(6-4-12)17(18,19)20/h3-6,10H,2,7-9,11H2,1H3. The van der Waals surface area contributed by atoms with Crippen LogP contribution in [0.1, 0.15) is 30.2 Å². The second-order valence-corrected chi connectivity index (χ2v) is 5.77. The van der Waals surface area contributed by atoms with E-state index in [4.69, 9.17) is 0 Å². The second-order valence-electron chi connectivity index (χ2n) is 5.77. The van der Waals surface area contributed by atoms with Crippen LogP contribution in [0.25, 0.3) is 11.4 Å². The van der Waals surface area contributed by atoms with E-state index in [1.165, 1.54) is 12.1 Å². The summed E-state index contributed by atoms with van der Waals surface area (Å²) in [5, 5.41) is 0. The zero-order valence-corrected chi connectivity index (χ0v) is 12.9. The number of alkyl halides is 3. The van der Waals surface area contributed by atoms with Crippen LogP contribution in [0, 0.1) is 0 Å². The molecule has 1 aliphatic heterocycles. The van der Waals surface area contributed by atoms with Crippen molar-refractivity contribution in [3.8, 4) is 11.4 Å². The van der Waals surface area contributed by atoms with Gasteiger partial charge in [0.25, 0.3) is 0 Å². The highest BCUT2D eigenvalue weighted by Crippen LogP contribution is 2.30. The van der Waals surface area contributed by atoms with Crippen molar-refractivity contribution < 1.29 is 13.2 Å². The van der Waals surface area contributed by atoms with Crippen LogP contribution in [0.2, 0.25) is 0 Å². The maximum absolute atomic E-state index is 12.6. The lowest BCUT2D eigenvalue weighted by Gasteiger charge is -2.27. The Hall–Kier alpha value is -1.95. The van der Waals surface area contributed by atoms with Crippen LogP contribution in [0.4, 0.5) is 13.2 Å². The lowest BCUT2D eigenvalue weighted by molar-refractivity contribution is -0.137. The molecule has 1 aliphatic rings. The third-order valence-electron chi connectivity index (χ3n) is 4.04. The van der Waals surface area contributed by atoms with Crippen molar-refractivity contribution in [3.63, 3.8) is 0 Å². The van der Waals surface area contributed by atoms with Gasteiger partial charge < -0.3 is 0 Å². The molecule has 122 valence electrons. The molecular formula is C17H18F3N3. The van der Waals surface area contributed by atoms with E-state index in [9.17, 15) is 13.2 Å². The fourth-order valence-corrected chi connectivity index (χ4v) is 2.81. The van der Waals surface area contributed by atoms with Crippen LogP contribution in [-0.2, 0) is 19.1 Å². The highest BCUT2D eigenvalue weighted by atomic mass is 19.4. The smallest absolute Gasteiger partial charge is 0.297 e. The van der Waals surface area contributed by atoms with Gasteiger partial charge in [-0.05, 0) is 37.1 Å². The van der Waals surface area contributed by atoms with E-state index in [-0.39, 0.29) is 0 Å². The zero-order valence-electron chi connectivity index (χ0n) is 12.9. The summed E-state index contributed by atoms with van der Waals surface area (Å²) < 4.78 is 37.9. The Labute approximate surface area is 133 Å². The Morgan fingerprint density at radius 2 is 1.91 bits per heavy atom. The first-order valence-corrected chi connectivity index (χ1v) is 7.72. The molecule has 2 aromatic rings. The van der Waals surface area contributed by atoms with Gasteiger partial charge in [0.2, 0.25) is 0 Å². The van der Waals surface area contributed by atoms with Gasteiger partial charge >= 0.3 is 6.18 Å². The van der Waals surface area contributed by atoms with E-state index in [0.29, 0.717) is 11.4 Å². The first kappa shape index (κ1) is 15.9. The fourth-order valence-electron chi connectivity index (χ4n) is 2.81. The first-order valence-electron chi connectivity index (χ1n) is 7.72. The lowest BCUT2D eigenvalue weighted by Crippen LogP contribution is -2.32. The Bertz CT molecular complexity index is 680. The van der Waals surface area contributed by atoms with Gasteiger partial charge in [-0.3, -0.25) is 4.90 Å². The van der Waals surface area contributed by atoms with E-state index >= 15 is 0 Å². The molecule has 0 saturated carbocycles. The number of hydrogen-bond donors (Lipinski definition) is 0. The Morgan fingerprint density at radius 3 is 2.57 bits per heavy atom. The number of aromatic nitrogens is 2. The molecule has 0 saturated heterocycles. The number of halogens is 3. The summed E-state index contributed by atoms with van der Waals surface area (Å²) >= 11 is 0. The predicted octanol–water partition coefficient (Wildman–Crippen LogP) is 3.93. The van der Waals surface area contributed by atoms with Crippen LogP contribution in [-0.4, -0.2) is 28.0 Å². The normalized spacial score (nSPS) is 15.5. The van der Waals surface area contributed by atoms with Crippen molar-refractivity contribution in [1.29, 1.82) is 0 Å². The van der Waals surface area contributed by atoms with Crippen molar-refractivity contribution in [3.05, 3.63) is 47.3 Å². The predicted molar refractivity (Wildman–Crippen MR) is 81.7 cm³/mol. The molecule has 0 fully saturated rings. The van der Waals surface area contributed by atoms with E-state index in [1.54, 1.807) is 6.20 Å². The van der Waals surface area contributed by atoms with Gasteiger partial charge in [0.15, 0.2) is 5.82 Å². The first-order chi connectivity index (χ1) is 11.0. The van der Waals surface area contributed by atoms with Crippen molar-refractivity contribution in [2.75, 3.05) is 13.1 Å². The molecular weight excluding hydrogens is 303 g/mol. The summed E-state index contributed by atoms with van der Waals surface area (Å²) in [7, 11) is 0. The van der Waals surface area contributed by atoms with Crippen molar-refractivity contribution >= 4 is 0 Å². The van der Waals surface area contributed by atoms with Crippen LogP contribution in [0.15, 0.2) is 30.5 Å². The highest BCUT2D eigenvalue weighted by molar-refractivity contribution is 5.56. The monoisotopic (exact) mass is 321 g/mol. The van der Waals surface area contributed by atoms with E-state index < -0.39 is 11.7 Å². The molecule has 0 radical (unpaired) electrons. The maximum atomic E-state index is 12.6. The molecule has 3 nitrogen and oxygen atoms in total. The molecule has 0 N–H and O–H groups in total. The Balaban J connectivity index is 1.85. The second kappa shape index (κ2) is 6.28. The van der Waals surface area contributed by atoms with Gasteiger partial charge in [-0.1, -0.05) is 19.1 Å². The van der Waals surface area contributed by atoms with Gasteiger partial charge in [0, 0.05) is 24.8 Å². The number of nitrogens with zero attached hydrogens (tertiary/aromatic N) is 3. The Kier molecular flexibility index (Phi) is 4.35. The number of fused-ring (bicyclic) bond motifs is 1. The van der Waals surface area contributed by atoms with Gasteiger partial charge in [-0.2, -0.15) is 13.2 Å². The molecule has 1 aromatic carbocycles. The highest BCUT2D eigenvalue weighted by Gasteiger charge is 2.30. The number of benzene rings is 1. The quantitative estimate of drug-likeness (QED) is 0.858. The molecule has 6 heteroatoms. The minimum atomic E-state index is -4.32. The molecule has 0 unspecified atom stereocenters.